The smallest absolute Gasteiger partial charge is 0.233 e. The standard InChI is InChI=1S/C16H20N2O2/c1-17-12-7-8-13-14(9-12)16(20)18(15(13)19)10-11-5-3-2-4-6-11/h2-6,12-14,17H,7-10H2,1H3. The van der Waals surface area contributed by atoms with Crippen molar-refractivity contribution in [1.29, 1.82) is 0 Å². The van der Waals surface area contributed by atoms with Gasteiger partial charge in [0.05, 0.1) is 18.4 Å². The third kappa shape index (κ3) is 2.24. The summed E-state index contributed by atoms with van der Waals surface area (Å²) in [5, 5.41) is 3.23. The second kappa shape index (κ2) is 5.37. The maximum absolute atomic E-state index is 12.5. The monoisotopic (exact) mass is 272 g/mol. The van der Waals surface area contributed by atoms with E-state index in [2.05, 4.69) is 5.32 Å². The van der Waals surface area contributed by atoms with Crippen molar-refractivity contribution < 1.29 is 9.59 Å². The molecule has 1 aromatic carbocycles. The number of hydrogen-bond donors (Lipinski definition) is 1. The average Bonchev–Trinajstić information content (AvgIpc) is 2.73. The summed E-state index contributed by atoms with van der Waals surface area (Å²) < 4.78 is 0. The second-order valence-electron chi connectivity index (χ2n) is 5.76. The van der Waals surface area contributed by atoms with Gasteiger partial charge < -0.3 is 5.32 Å². The van der Waals surface area contributed by atoms with Gasteiger partial charge in [-0.3, -0.25) is 14.5 Å². The quantitative estimate of drug-likeness (QED) is 0.850. The molecule has 1 aliphatic carbocycles. The summed E-state index contributed by atoms with van der Waals surface area (Å²) in [6.07, 6.45) is 2.60. The Morgan fingerprint density at radius 2 is 1.80 bits per heavy atom. The van der Waals surface area contributed by atoms with Gasteiger partial charge in [0, 0.05) is 6.04 Å². The van der Waals surface area contributed by atoms with E-state index in [0.29, 0.717) is 12.6 Å². The molecule has 4 nitrogen and oxygen atoms in total. The maximum Gasteiger partial charge on any atom is 0.233 e. The third-order valence-electron chi connectivity index (χ3n) is 4.61. The first-order chi connectivity index (χ1) is 9.70. The molecule has 0 spiro atoms. The van der Waals surface area contributed by atoms with Crippen LogP contribution < -0.4 is 5.32 Å². The third-order valence-corrected chi connectivity index (χ3v) is 4.61. The summed E-state index contributed by atoms with van der Waals surface area (Å²) in [7, 11) is 1.92. The number of likely N-dealkylation sites (tertiary alicyclic amines) is 1. The minimum absolute atomic E-state index is 0.0174. The number of carbonyl (C=O) groups is 2. The number of rotatable bonds is 3. The molecule has 106 valence electrons. The molecule has 3 atom stereocenters. The van der Waals surface area contributed by atoms with Crippen LogP contribution in [0, 0.1) is 11.8 Å². The van der Waals surface area contributed by atoms with Crippen LogP contribution >= 0.6 is 0 Å². The summed E-state index contributed by atoms with van der Waals surface area (Å²) in [6, 6.07) is 10.1. The van der Waals surface area contributed by atoms with Crippen LogP contribution in [0.2, 0.25) is 0 Å². The Labute approximate surface area is 119 Å². The molecule has 20 heavy (non-hydrogen) atoms. The molecule has 4 heteroatoms. The van der Waals surface area contributed by atoms with E-state index in [9.17, 15) is 9.59 Å². The molecule has 1 saturated carbocycles. The molecule has 2 amide bonds. The highest BCUT2D eigenvalue weighted by molar-refractivity contribution is 6.05. The Morgan fingerprint density at radius 1 is 1.10 bits per heavy atom. The molecule has 2 fully saturated rings. The average molecular weight is 272 g/mol. The summed E-state index contributed by atoms with van der Waals surface area (Å²) in [6.45, 7) is 0.412. The van der Waals surface area contributed by atoms with Gasteiger partial charge in [0.2, 0.25) is 11.8 Å². The molecule has 0 radical (unpaired) electrons. The Bertz CT molecular complexity index is 514. The van der Waals surface area contributed by atoms with Gasteiger partial charge in [-0.15, -0.1) is 0 Å². The first kappa shape index (κ1) is 13.3. The zero-order chi connectivity index (χ0) is 14.1. The Morgan fingerprint density at radius 3 is 2.50 bits per heavy atom. The van der Waals surface area contributed by atoms with Crippen LogP contribution in [0.5, 0.6) is 0 Å². The van der Waals surface area contributed by atoms with Gasteiger partial charge in [0.25, 0.3) is 0 Å². The van der Waals surface area contributed by atoms with Gasteiger partial charge in [-0.2, -0.15) is 0 Å². The molecule has 1 heterocycles. The van der Waals surface area contributed by atoms with Crippen LogP contribution in [0.1, 0.15) is 24.8 Å². The molecular weight excluding hydrogens is 252 g/mol. The van der Waals surface area contributed by atoms with Gasteiger partial charge in [0.15, 0.2) is 0 Å². The highest BCUT2D eigenvalue weighted by Crippen LogP contribution is 2.38. The van der Waals surface area contributed by atoms with Crippen molar-refractivity contribution >= 4 is 11.8 Å². The van der Waals surface area contributed by atoms with Crippen molar-refractivity contribution in [3.63, 3.8) is 0 Å². The van der Waals surface area contributed by atoms with Crippen LogP contribution in [-0.4, -0.2) is 29.8 Å². The normalized spacial score (nSPS) is 29.6. The van der Waals surface area contributed by atoms with Crippen LogP contribution in [0.15, 0.2) is 30.3 Å². The van der Waals surface area contributed by atoms with Crippen molar-refractivity contribution in [2.45, 2.75) is 31.8 Å². The number of fused-ring (bicyclic) bond motifs is 1. The second-order valence-corrected chi connectivity index (χ2v) is 5.76. The van der Waals surface area contributed by atoms with Crippen LogP contribution in [0.4, 0.5) is 0 Å². The number of amides is 2. The highest BCUT2D eigenvalue weighted by Gasteiger charge is 2.49. The summed E-state index contributed by atoms with van der Waals surface area (Å²) in [5.74, 6) is -0.157. The van der Waals surface area contributed by atoms with Gasteiger partial charge in [-0.25, -0.2) is 0 Å². The molecule has 0 aromatic heterocycles. The fraction of sp³-hybridized carbons (Fsp3) is 0.500. The Balaban J connectivity index is 1.77. The van der Waals surface area contributed by atoms with E-state index < -0.39 is 0 Å². The lowest BCUT2D eigenvalue weighted by molar-refractivity contribution is -0.140. The van der Waals surface area contributed by atoms with Gasteiger partial charge in [-0.05, 0) is 31.9 Å². The molecule has 0 bridgehead atoms. The molecule has 2 aliphatic rings. The fourth-order valence-electron chi connectivity index (χ4n) is 3.43. The van der Waals surface area contributed by atoms with Crippen molar-refractivity contribution in [3.05, 3.63) is 35.9 Å². The minimum Gasteiger partial charge on any atom is -0.317 e. The maximum atomic E-state index is 12.5. The summed E-state index contributed by atoms with van der Waals surface area (Å²) >= 11 is 0. The Kier molecular flexibility index (Phi) is 3.57. The molecule has 1 aliphatic heterocycles. The van der Waals surface area contributed by atoms with E-state index >= 15 is 0 Å². The van der Waals surface area contributed by atoms with E-state index in [4.69, 9.17) is 0 Å². The number of nitrogens with one attached hydrogen (secondary N) is 1. The van der Waals surface area contributed by atoms with Crippen LogP contribution in [0.3, 0.4) is 0 Å². The highest BCUT2D eigenvalue weighted by atomic mass is 16.2. The first-order valence-corrected chi connectivity index (χ1v) is 7.27. The number of nitrogens with zero attached hydrogens (tertiary/aromatic N) is 1. The van der Waals surface area contributed by atoms with Crippen molar-refractivity contribution in [2.24, 2.45) is 11.8 Å². The predicted molar refractivity (Wildman–Crippen MR) is 75.7 cm³/mol. The molecule has 1 saturated heterocycles. The lowest BCUT2D eigenvalue weighted by Gasteiger charge is -2.28. The topological polar surface area (TPSA) is 49.4 Å². The fourth-order valence-corrected chi connectivity index (χ4v) is 3.43. The van der Waals surface area contributed by atoms with Gasteiger partial charge >= 0.3 is 0 Å². The number of imide groups is 1. The van der Waals surface area contributed by atoms with Crippen LogP contribution in [0.25, 0.3) is 0 Å². The lowest BCUT2D eigenvalue weighted by atomic mass is 9.78. The number of benzene rings is 1. The van der Waals surface area contributed by atoms with Crippen molar-refractivity contribution in [3.8, 4) is 0 Å². The lowest BCUT2D eigenvalue weighted by Crippen LogP contribution is -2.36. The minimum atomic E-state index is -0.114. The van der Waals surface area contributed by atoms with Crippen LogP contribution in [-0.2, 0) is 16.1 Å². The van der Waals surface area contributed by atoms with E-state index in [1.165, 1.54) is 4.90 Å². The molecular formula is C16H20N2O2. The van der Waals surface area contributed by atoms with Gasteiger partial charge in [0.1, 0.15) is 0 Å². The molecule has 1 aromatic rings. The zero-order valence-corrected chi connectivity index (χ0v) is 11.7. The summed E-state index contributed by atoms with van der Waals surface area (Å²) in [4.78, 5) is 26.4. The molecule has 1 N–H and O–H groups in total. The van der Waals surface area contributed by atoms with E-state index in [0.717, 1.165) is 24.8 Å². The summed E-state index contributed by atoms with van der Waals surface area (Å²) in [5.41, 5.74) is 1.01. The number of hydrogen-bond acceptors (Lipinski definition) is 3. The largest absolute Gasteiger partial charge is 0.317 e. The van der Waals surface area contributed by atoms with E-state index in [1.807, 2.05) is 37.4 Å². The van der Waals surface area contributed by atoms with E-state index in [1.54, 1.807) is 0 Å². The Hall–Kier alpha value is -1.68. The number of carbonyl (C=O) groups excluding carboxylic acids is 2. The zero-order valence-electron chi connectivity index (χ0n) is 11.7. The molecule has 3 rings (SSSR count). The first-order valence-electron chi connectivity index (χ1n) is 7.27. The van der Waals surface area contributed by atoms with Gasteiger partial charge in [-0.1, -0.05) is 30.3 Å². The molecule has 3 unspecified atom stereocenters. The SMILES string of the molecule is CNC1CCC2C(=O)N(Cc3ccccc3)C(=O)C2C1. The van der Waals surface area contributed by atoms with Crippen molar-refractivity contribution in [1.82, 2.24) is 10.2 Å². The predicted octanol–water partition coefficient (Wildman–Crippen LogP) is 1.56. The van der Waals surface area contributed by atoms with E-state index in [-0.39, 0.29) is 23.7 Å². The van der Waals surface area contributed by atoms with Crippen molar-refractivity contribution in [2.75, 3.05) is 7.05 Å².